The number of fused-ring (bicyclic) bond motifs is 1. The number of aromatic hydroxyl groups is 1. The smallest absolute Gasteiger partial charge is 0.341 e. The van der Waals surface area contributed by atoms with E-state index in [0.29, 0.717) is 11.1 Å². The lowest BCUT2D eigenvalue weighted by Crippen LogP contribution is -2.01. The van der Waals surface area contributed by atoms with Crippen molar-refractivity contribution in [3.05, 3.63) is 65.7 Å². The molecule has 0 bridgehead atoms. The summed E-state index contributed by atoms with van der Waals surface area (Å²) in [5.41, 5.74) is 2.09. The van der Waals surface area contributed by atoms with Crippen molar-refractivity contribution in [3.8, 4) is 5.75 Å². The Labute approximate surface area is 139 Å². The first-order valence-corrected chi connectivity index (χ1v) is 7.41. The van der Waals surface area contributed by atoms with E-state index >= 15 is 0 Å². The molecule has 3 aromatic carbocycles. The van der Waals surface area contributed by atoms with Gasteiger partial charge in [-0.3, -0.25) is 0 Å². The summed E-state index contributed by atoms with van der Waals surface area (Å²) in [6.45, 7) is 1.99. The monoisotopic (exact) mass is 320 g/mol. The number of azo groups is 1. The molecule has 0 saturated heterocycles. The number of methoxy groups -OCH3 is 1. The van der Waals surface area contributed by atoms with Crippen molar-refractivity contribution in [2.75, 3.05) is 7.11 Å². The molecule has 0 aliphatic heterocycles. The molecule has 0 saturated carbocycles. The average molecular weight is 320 g/mol. The van der Waals surface area contributed by atoms with E-state index in [-0.39, 0.29) is 17.0 Å². The highest BCUT2D eigenvalue weighted by atomic mass is 16.5. The summed E-state index contributed by atoms with van der Waals surface area (Å²) < 4.78 is 4.73. The second-order valence-corrected chi connectivity index (χ2v) is 5.37. The van der Waals surface area contributed by atoms with Crippen LogP contribution in [0.4, 0.5) is 11.4 Å². The molecule has 0 amide bonds. The van der Waals surface area contributed by atoms with Gasteiger partial charge in [0.05, 0.1) is 12.8 Å². The van der Waals surface area contributed by atoms with Crippen LogP contribution >= 0.6 is 0 Å². The fourth-order valence-corrected chi connectivity index (χ4v) is 2.40. The van der Waals surface area contributed by atoms with Gasteiger partial charge < -0.3 is 9.84 Å². The number of nitrogens with zero attached hydrogens (tertiary/aromatic N) is 2. The van der Waals surface area contributed by atoms with Crippen molar-refractivity contribution in [2.45, 2.75) is 6.92 Å². The maximum absolute atomic E-state index is 11.9. The molecule has 0 aromatic heterocycles. The molecular formula is C19H16N2O3. The summed E-state index contributed by atoms with van der Waals surface area (Å²) in [7, 11) is 1.27. The largest absolute Gasteiger partial charge is 0.505 e. The first kappa shape index (κ1) is 15.7. The van der Waals surface area contributed by atoms with Gasteiger partial charge in [-0.25, -0.2) is 4.79 Å². The molecule has 5 heteroatoms. The van der Waals surface area contributed by atoms with E-state index in [2.05, 4.69) is 10.2 Å². The minimum atomic E-state index is -0.620. The second-order valence-electron chi connectivity index (χ2n) is 5.37. The van der Waals surface area contributed by atoms with Crippen molar-refractivity contribution in [1.82, 2.24) is 0 Å². The van der Waals surface area contributed by atoms with Gasteiger partial charge >= 0.3 is 5.97 Å². The van der Waals surface area contributed by atoms with Crippen LogP contribution in [0.25, 0.3) is 10.8 Å². The Morgan fingerprint density at radius 1 is 1.04 bits per heavy atom. The molecule has 3 aromatic rings. The number of phenolic OH excluding ortho intramolecular Hbond substituents is 1. The molecule has 120 valence electrons. The lowest BCUT2D eigenvalue weighted by Gasteiger charge is -2.09. The zero-order valence-electron chi connectivity index (χ0n) is 13.4. The van der Waals surface area contributed by atoms with Crippen LogP contribution in [0, 0.1) is 6.92 Å². The Hall–Kier alpha value is -3.21. The van der Waals surface area contributed by atoms with Crippen molar-refractivity contribution in [2.24, 2.45) is 10.2 Å². The Morgan fingerprint density at radius 3 is 2.46 bits per heavy atom. The maximum Gasteiger partial charge on any atom is 0.341 e. The number of hydrogen-bond acceptors (Lipinski definition) is 5. The van der Waals surface area contributed by atoms with Gasteiger partial charge in [-0.2, -0.15) is 5.11 Å². The number of hydrogen-bond donors (Lipinski definition) is 1. The number of carbonyl (C=O) groups excluding carboxylic acids is 1. The van der Waals surface area contributed by atoms with E-state index < -0.39 is 5.97 Å². The zero-order chi connectivity index (χ0) is 17.1. The summed E-state index contributed by atoms with van der Waals surface area (Å²) in [5, 5.41) is 20.3. The molecule has 0 heterocycles. The first-order valence-electron chi connectivity index (χ1n) is 7.41. The van der Waals surface area contributed by atoms with Gasteiger partial charge in [0.1, 0.15) is 11.3 Å². The van der Waals surface area contributed by atoms with Gasteiger partial charge in [0.15, 0.2) is 5.75 Å². The quantitative estimate of drug-likeness (QED) is 0.542. The average Bonchev–Trinajstić information content (AvgIpc) is 2.61. The third-order valence-corrected chi connectivity index (χ3v) is 3.70. The molecule has 3 rings (SSSR count). The number of ether oxygens (including phenoxy) is 1. The normalized spacial score (nSPS) is 11.1. The minimum Gasteiger partial charge on any atom is -0.505 e. The Kier molecular flexibility index (Phi) is 4.24. The first-order chi connectivity index (χ1) is 11.6. The summed E-state index contributed by atoms with van der Waals surface area (Å²) in [6.07, 6.45) is 0. The van der Waals surface area contributed by atoms with Crippen LogP contribution < -0.4 is 0 Å². The number of esters is 1. The molecule has 0 unspecified atom stereocenters. The van der Waals surface area contributed by atoms with Crippen LogP contribution in [0.5, 0.6) is 5.75 Å². The SMILES string of the molecule is COC(=O)c1cc2ccccc2c(/N=N/c2ccc(C)cc2)c1O. The molecule has 5 nitrogen and oxygen atoms in total. The van der Waals surface area contributed by atoms with Gasteiger partial charge in [-0.1, -0.05) is 42.0 Å². The predicted molar refractivity (Wildman–Crippen MR) is 92.3 cm³/mol. The third-order valence-electron chi connectivity index (χ3n) is 3.70. The second kappa shape index (κ2) is 6.50. The van der Waals surface area contributed by atoms with Crippen molar-refractivity contribution in [1.29, 1.82) is 0 Å². The minimum absolute atomic E-state index is 0.0639. The molecular weight excluding hydrogens is 304 g/mol. The summed E-state index contributed by atoms with van der Waals surface area (Å²) in [4.78, 5) is 11.9. The van der Waals surface area contributed by atoms with E-state index in [1.165, 1.54) is 7.11 Å². The molecule has 0 radical (unpaired) electrons. The van der Waals surface area contributed by atoms with Crippen LogP contribution in [0.1, 0.15) is 15.9 Å². The summed E-state index contributed by atoms with van der Waals surface area (Å²) in [5.74, 6) is -0.860. The van der Waals surface area contributed by atoms with Crippen molar-refractivity contribution in [3.63, 3.8) is 0 Å². The molecule has 1 N–H and O–H groups in total. The van der Waals surface area contributed by atoms with E-state index in [1.807, 2.05) is 55.5 Å². The van der Waals surface area contributed by atoms with Gasteiger partial charge in [0.2, 0.25) is 0 Å². The topological polar surface area (TPSA) is 71.2 Å². The summed E-state index contributed by atoms with van der Waals surface area (Å²) >= 11 is 0. The van der Waals surface area contributed by atoms with Crippen LogP contribution in [0.15, 0.2) is 64.8 Å². The standard InChI is InChI=1S/C19H16N2O3/c1-12-7-9-14(10-8-12)20-21-17-15-6-4-3-5-13(15)11-16(18(17)22)19(23)24-2/h3-11,22H,1-2H3/b21-20+. The molecule has 24 heavy (non-hydrogen) atoms. The highest BCUT2D eigenvalue weighted by Crippen LogP contribution is 2.39. The van der Waals surface area contributed by atoms with Gasteiger partial charge in [-0.15, -0.1) is 5.11 Å². The molecule has 0 spiro atoms. The number of phenols is 1. The number of rotatable bonds is 3. The van der Waals surface area contributed by atoms with Crippen LogP contribution in [-0.2, 0) is 4.74 Å². The fraction of sp³-hybridized carbons (Fsp3) is 0.105. The number of aryl methyl sites for hydroxylation is 1. The third kappa shape index (κ3) is 2.96. The van der Waals surface area contributed by atoms with E-state index in [0.717, 1.165) is 10.9 Å². The van der Waals surface area contributed by atoms with Gasteiger partial charge in [-0.05, 0) is 30.5 Å². The predicted octanol–water partition coefficient (Wildman–Crippen LogP) is 5.06. The van der Waals surface area contributed by atoms with E-state index in [9.17, 15) is 9.90 Å². The molecule has 0 aliphatic carbocycles. The number of carbonyl (C=O) groups is 1. The Morgan fingerprint density at radius 2 is 1.75 bits per heavy atom. The highest BCUT2D eigenvalue weighted by Gasteiger charge is 2.18. The maximum atomic E-state index is 11.9. The lowest BCUT2D eigenvalue weighted by molar-refractivity contribution is 0.0597. The van der Waals surface area contributed by atoms with Crippen molar-refractivity contribution < 1.29 is 14.6 Å². The molecule has 0 aliphatic rings. The van der Waals surface area contributed by atoms with Gasteiger partial charge in [0, 0.05) is 5.39 Å². The zero-order valence-corrected chi connectivity index (χ0v) is 13.4. The molecule has 0 atom stereocenters. The highest BCUT2D eigenvalue weighted by molar-refractivity contribution is 6.04. The summed E-state index contributed by atoms with van der Waals surface area (Å²) in [6, 6.07) is 16.5. The Balaban J connectivity index is 2.16. The number of benzene rings is 3. The fourth-order valence-electron chi connectivity index (χ4n) is 2.40. The van der Waals surface area contributed by atoms with E-state index in [1.54, 1.807) is 6.07 Å². The van der Waals surface area contributed by atoms with Crippen LogP contribution in [0.2, 0.25) is 0 Å². The van der Waals surface area contributed by atoms with Crippen LogP contribution in [0.3, 0.4) is 0 Å². The lowest BCUT2D eigenvalue weighted by atomic mass is 10.0. The van der Waals surface area contributed by atoms with Gasteiger partial charge in [0.25, 0.3) is 0 Å². The van der Waals surface area contributed by atoms with E-state index in [4.69, 9.17) is 4.74 Å². The Bertz CT molecular complexity index is 931. The van der Waals surface area contributed by atoms with Crippen molar-refractivity contribution >= 4 is 28.1 Å². The van der Waals surface area contributed by atoms with Crippen LogP contribution in [-0.4, -0.2) is 18.2 Å². The molecule has 0 fully saturated rings.